The first-order valence-electron chi connectivity index (χ1n) is 7.56. The third-order valence-electron chi connectivity index (χ3n) is 3.89. The molecule has 0 radical (unpaired) electrons. The smallest absolute Gasteiger partial charge is 0.242 e. The van der Waals surface area contributed by atoms with Crippen LogP contribution in [0, 0.1) is 12.3 Å². The minimum absolute atomic E-state index is 0.159. The number of carbonyl (C=O) groups excluding carboxylic acids is 2. The van der Waals surface area contributed by atoms with Gasteiger partial charge in [0.25, 0.3) is 0 Å². The van der Waals surface area contributed by atoms with E-state index in [2.05, 4.69) is 5.32 Å². The van der Waals surface area contributed by atoms with Gasteiger partial charge in [-0.15, -0.1) is 0 Å². The summed E-state index contributed by atoms with van der Waals surface area (Å²) >= 11 is 0. The summed E-state index contributed by atoms with van der Waals surface area (Å²) in [5, 5.41) is 2.93. The van der Waals surface area contributed by atoms with Gasteiger partial charge in [-0.25, -0.2) is 0 Å². The van der Waals surface area contributed by atoms with Gasteiger partial charge in [-0.05, 0) is 58.2 Å². The van der Waals surface area contributed by atoms with Gasteiger partial charge in [0.1, 0.15) is 5.41 Å². The predicted octanol–water partition coefficient (Wildman–Crippen LogP) is 2.65. The lowest BCUT2D eigenvalue weighted by Crippen LogP contribution is -2.50. The summed E-state index contributed by atoms with van der Waals surface area (Å²) in [4.78, 5) is 26.8. The molecule has 1 aliphatic rings. The molecule has 0 spiro atoms. The summed E-state index contributed by atoms with van der Waals surface area (Å²) in [6.45, 7) is 7.86. The SMILES string of the molecule is CCN(C(=O)C(C)(C)C(=O)NC1CC1)c1cccc(C)c1. The molecule has 0 aliphatic heterocycles. The van der Waals surface area contributed by atoms with Gasteiger partial charge in [0.2, 0.25) is 11.8 Å². The molecule has 1 saturated carbocycles. The van der Waals surface area contributed by atoms with Crippen molar-refractivity contribution in [3.8, 4) is 0 Å². The maximum atomic E-state index is 12.8. The fourth-order valence-electron chi connectivity index (χ4n) is 2.27. The first-order valence-corrected chi connectivity index (χ1v) is 7.56. The Morgan fingerprint density at radius 2 is 2.00 bits per heavy atom. The Balaban J connectivity index is 2.20. The van der Waals surface area contributed by atoms with Crippen molar-refractivity contribution in [1.82, 2.24) is 5.32 Å². The van der Waals surface area contributed by atoms with E-state index in [-0.39, 0.29) is 17.9 Å². The van der Waals surface area contributed by atoms with Crippen molar-refractivity contribution in [3.63, 3.8) is 0 Å². The van der Waals surface area contributed by atoms with E-state index >= 15 is 0 Å². The van der Waals surface area contributed by atoms with E-state index < -0.39 is 5.41 Å². The van der Waals surface area contributed by atoms with Crippen LogP contribution in [0.1, 0.15) is 39.2 Å². The Bertz CT molecular complexity index is 547. The Kier molecular flexibility index (Phi) is 4.35. The molecule has 1 aromatic rings. The Morgan fingerprint density at radius 3 is 2.52 bits per heavy atom. The van der Waals surface area contributed by atoms with Crippen LogP contribution in [0.2, 0.25) is 0 Å². The minimum Gasteiger partial charge on any atom is -0.352 e. The van der Waals surface area contributed by atoms with Gasteiger partial charge in [-0.2, -0.15) is 0 Å². The highest BCUT2D eigenvalue weighted by atomic mass is 16.2. The molecule has 0 atom stereocenters. The normalized spacial score (nSPS) is 14.7. The predicted molar refractivity (Wildman–Crippen MR) is 84.2 cm³/mol. The van der Waals surface area contributed by atoms with Crippen LogP contribution in [0.4, 0.5) is 5.69 Å². The minimum atomic E-state index is -1.05. The van der Waals surface area contributed by atoms with Crippen LogP contribution in [-0.4, -0.2) is 24.4 Å². The number of hydrogen-bond acceptors (Lipinski definition) is 2. The molecule has 1 N–H and O–H groups in total. The van der Waals surface area contributed by atoms with Crippen LogP contribution in [0.3, 0.4) is 0 Å². The summed E-state index contributed by atoms with van der Waals surface area (Å²) in [5.74, 6) is -0.338. The van der Waals surface area contributed by atoms with Crippen LogP contribution in [0.15, 0.2) is 24.3 Å². The van der Waals surface area contributed by atoms with Crippen molar-refractivity contribution in [2.45, 2.75) is 46.6 Å². The molecule has 4 nitrogen and oxygen atoms in total. The second-order valence-electron chi connectivity index (χ2n) is 6.26. The fraction of sp³-hybridized carbons (Fsp3) is 0.529. The number of anilines is 1. The number of carbonyl (C=O) groups is 2. The molecular weight excluding hydrogens is 264 g/mol. The summed E-state index contributed by atoms with van der Waals surface area (Å²) in [5.41, 5.74) is 0.885. The molecule has 0 bridgehead atoms. The number of benzene rings is 1. The second-order valence-corrected chi connectivity index (χ2v) is 6.26. The van der Waals surface area contributed by atoms with E-state index in [1.54, 1.807) is 18.7 Å². The van der Waals surface area contributed by atoms with E-state index in [1.807, 2.05) is 38.1 Å². The lowest BCUT2D eigenvalue weighted by molar-refractivity contribution is -0.139. The second kappa shape index (κ2) is 5.88. The van der Waals surface area contributed by atoms with Crippen molar-refractivity contribution in [2.75, 3.05) is 11.4 Å². The zero-order valence-corrected chi connectivity index (χ0v) is 13.3. The number of nitrogens with one attached hydrogen (secondary N) is 1. The van der Waals surface area contributed by atoms with Crippen LogP contribution >= 0.6 is 0 Å². The quantitative estimate of drug-likeness (QED) is 0.847. The van der Waals surface area contributed by atoms with Gasteiger partial charge >= 0.3 is 0 Å². The van der Waals surface area contributed by atoms with Crippen molar-refractivity contribution in [2.24, 2.45) is 5.41 Å². The number of rotatable bonds is 5. The molecule has 0 unspecified atom stereocenters. The number of hydrogen-bond donors (Lipinski definition) is 1. The zero-order valence-electron chi connectivity index (χ0n) is 13.3. The van der Waals surface area contributed by atoms with Crippen molar-refractivity contribution >= 4 is 17.5 Å². The Labute approximate surface area is 126 Å². The molecule has 0 aromatic heterocycles. The van der Waals surface area contributed by atoms with Gasteiger partial charge in [0.05, 0.1) is 0 Å². The van der Waals surface area contributed by atoms with E-state index in [0.29, 0.717) is 6.54 Å². The maximum Gasteiger partial charge on any atom is 0.242 e. The van der Waals surface area contributed by atoms with Crippen LogP contribution in [0.25, 0.3) is 0 Å². The number of amides is 2. The molecule has 1 aromatic carbocycles. The van der Waals surface area contributed by atoms with Gasteiger partial charge in [-0.1, -0.05) is 12.1 Å². The average Bonchev–Trinajstić information content (AvgIpc) is 3.23. The zero-order chi connectivity index (χ0) is 15.6. The third kappa shape index (κ3) is 3.43. The van der Waals surface area contributed by atoms with E-state index in [1.165, 1.54) is 0 Å². The van der Waals surface area contributed by atoms with Crippen molar-refractivity contribution < 1.29 is 9.59 Å². The van der Waals surface area contributed by atoms with Crippen LogP contribution < -0.4 is 10.2 Å². The molecule has 0 saturated heterocycles. The Morgan fingerprint density at radius 1 is 1.33 bits per heavy atom. The monoisotopic (exact) mass is 288 g/mol. The largest absolute Gasteiger partial charge is 0.352 e. The van der Waals surface area contributed by atoms with Crippen molar-refractivity contribution in [3.05, 3.63) is 29.8 Å². The van der Waals surface area contributed by atoms with Gasteiger partial charge in [0, 0.05) is 18.3 Å². The topological polar surface area (TPSA) is 49.4 Å². The summed E-state index contributed by atoms with van der Waals surface area (Å²) in [6.07, 6.45) is 2.04. The van der Waals surface area contributed by atoms with E-state index in [4.69, 9.17) is 0 Å². The molecule has 2 amide bonds. The first kappa shape index (κ1) is 15.5. The standard InChI is InChI=1S/C17H24N2O2/c1-5-19(14-8-6-7-12(2)11-14)16(21)17(3,4)15(20)18-13-9-10-13/h6-8,11,13H,5,9-10H2,1-4H3,(H,18,20). The van der Waals surface area contributed by atoms with Crippen LogP contribution in [0.5, 0.6) is 0 Å². The highest BCUT2D eigenvalue weighted by Gasteiger charge is 2.41. The number of nitrogens with zero attached hydrogens (tertiary/aromatic N) is 1. The average molecular weight is 288 g/mol. The molecule has 0 heterocycles. The summed E-state index contributed by atoms with van der Waals surface area (Å²) < 4.78 is 0. The molecule has 4 heteroatoms. The molecule has 114 valence electrons. The summed E-state index contributed by atoms with van der Waals surface area (Å²) in [7, 11) is 0. The first-order chi connectivity index (χ1) is 9.86. The van der Waals surface area contributed by atoms with Crippen LogP contribution in [-0.2, 0) is 9.59 Å². The maximum absolute atomic E-state index is 12.8. The van der Waals surface area contributed by atoms with Gasteiger partial charge in [0.15, 0.2) is 0 Å². The molecular formula is C17H24N2O2. The molecule has 1 fully saturated rings. The van der Waals surface area contributed by atoms with Gasteiger partial charge < -0.3 is 10.2 Å². The molecule has 2 rings (SSSR count). The highest BCUT2D eigenvalue weighted by Crippen LogP contribution is 2.27. The summed E-state index contributed by atoms with van der Waals surface area (Å²) in [6, 6.07) is 8.06. The third-order valence-corrected chi connectivity index (χ3v) is 3.89. The molecule has 21 heavy (non-hydrogen) atoms. The lowest BCUT2D eigenvalue weighted by Gasteiger charge is -2.30. The fourth-order valence-corrected chi connectivity index (χ4v) is 2.27. The number of aryl methyl sites for hydroxylation is 1. The van der Waals surface area contributed by atoms with E-state index in [9.17, 15) is 9.59 Å². The van der Waals surface area contributed by atoms with Gasteiger partial charge in [-0.3, -0.25) is 9.59 Å². The van der Waals surface area contributed by atoms with E-state index in [0.717, 1.165) is 24.1 Å². The van der Waals surface area contributed by atoms with Crippen molar-refractivity contribution in [1.29, 1.82) is 0 Å². The highest BCUT2D eigenvalue weighted by molar-refractivity contribution is 6.11. The molecule has 1 aliphatic carbocycles. The Hall–Kier alpha value is -1.84. The lowest BCUT2D eigenvalue weighted by atomic mass is 9.90.